The lowest BCUT2D eigenvalue weighted by atomic mass is 9.94. The summed E-state index contributed by atoms with van der Waals surface area (Å²) in [7, 11) is 0. The Labute approximate surface area is 124 Å². The maximum absolute atomic E-state index is 12.1. The maximum Gasteiger partial charge on any atom is 0.250 e. The number of aryl methyl sites for hydroxylation is 2. The van der Waals surface area contributed by atoms with E-state index in [2.05, 4.69) is 11.8 Å². The third kappa shape index (κ3) is 2.41. The second-order valence-corrected chi connectivity index (χ2v) is 6.08. The minimum absolute atomic E-state index is 0.301. The smallest absolute Gasteiger partial charge is 0.250 e. The van der Waals surface area contributed by atoms with E-state index in [4.69, 9.17) is 0 Å². The first-order valence-electron chi connectivity index (χ1n) is 7.75. The molecule has 21 heavy (non-hydrogen) atoms. The Kier molecular flexibility index (Phi) is 3.66. The average Bonchev–Trinajstić information content (AvgIpc) is 2.75. The Morgan fingerprint density at radius 2 is 1.52 bits per heavy atom. The van der Waals surface area contributed by atoms with E-state index in [-0.39, 0.29) is 10.9 Å². The van der Waals surface area contributed by atoms with Gasteiger partial charge in [0.05, 0.1) is 5.56 Å². The van der Waals surface area contributed by atoms with Crippen molar-refractivity contribution in [2.45, 2.75) is 39.5 Å². The van der Waals surface area contributed by atoms with Gasteiger partial charge in [0.2, 0.25) is 10.9 Å². The van der Waals surface area contributed by atoms with Gasteiger partial charge in [0.1, 0.15) is 5.69 Å². The van der Waals surface area contributed by atoms with Crippen LogP contribution in [0.2, 0.25) is 0 Å². The van der Waals surface area contributed by atoms with Gasteiger partial charge in [-0.2, -0.15) is 0 Å². The van der Waals surface area contributed by atoms with Crippen molar-refractivity contribution in [1.82, 2.24) is 0 Å². The molecule has 1 fully saturated rings. The summed E-state index contributed by atoms with van der Waals surface area (Å²) in [5, 5.41) is 0. The van der Waals surface area contributed by atoms with E-state index in [0.717, 1.165) is 37.1 Å². The minimum Gasteiger partial charge on any atom is -0.368 e. The highest BCUT2D eigenvalue weighted by Crippen LogP contribution is 2.29. The summed E-state index contributed by atoms with van der Waals surface area (Å²) in [5.41, 5.74) is 3.91. The van der Waals surface area contributed by atoms with Gasteiger partial charge in [0, 0.05) is 13.1 Å². The lowest BCUT2D eigenvalue weighted by molar-refractivity contribution is 0.726. The zero-order chi connectivity index (χ0) is 15.0. The molecule has 1 heterocycles. The maximum atomic E-state index is 12.1. The molecule has 1 aliphatic heterocycles. The van der Waals surface area contributed by atoms with Crippen LogP contribution in [0.3, 0.4) is 0 Å². The molecule has 0 bridgehead atoms. The Morgan fingerprint density at radius 1 is 0.857 bits per heavy atom. The molecular formula is C18H21NO2. The Hall–Kier alpha value is -1.90. The first kappa shape index (κ1) is 14.1. The molecule has 110 valence electrons. The number of hydrogen-bond donors (Lipinski definition) is 0. The molecule has 0 aromatic heterocycles. The summed E-state index contributed by atoms with van der Waals surface area (Å²) in [5.74, 6) is 0. The van der Waals surface area contributed by atoms with Crippen LogP contribution in [0.15, 0.2) is 27.8 Å². The molecule has 0 saturated carbocycles. The fourth-order valence-electron chi connectivity index (χ4n) is 3.14. The van der Waals surface area contributed by atoms with Gasteiger partial charge in [0.15, 0.2) is 0 Å². The second kappa shape index (κ2) is 5.47. The monoisotopic (exact) mass is 283 g/mol. The van der Waals surface area contributed by atoms with Crippen LogP contribution in [0.5, 0.6) is 0 Å². The van der Waals surface area contributed by atoms with Crippen LogP contribution < -0.4 is 15.8 Å². The molecule has 3 nitrogen and oxygen atoms in total. The van der Waals surface area contributed by atoms with Crippen molar-refractivity contribution in [1.29, 1.82) is 0 Å². The van der Waals surface area contributed by atoms with Crippen molar-refractivity contribution in [3.05, 3.63) is 49.8 Å². The fraction of sp³-hybridized carbons (Fsp3) is 0.444. The summed E-state index contributed by atoms with van der Waals surface area (Å²) in [4.78, 5) is 26.2. The summed E-state index contributed by atoms with van der Waals surface area (Å²) in [6, 6.07) is 6.00. The van der Waals surface area contributed by atoms with Crippen LogP contribution in [0.4, 0.5) is 5.69 Å². The fourth-order valence-corrected chi connectivity index (χ4v) is 3.14. The highest BCUT2D eigenvalue weighted by molar-refractivity contribution is 5.83. The van der Waals surface area contributed by atoms with Gasteiger partial charge >= 0.3 is 0 Å². The molecule has 0 spiro atoms. The topological polar surface area (TPSA) is 37.4 Å². The van der Waals surface area contributed by atoms with Crippen LogP contribution in [0.1, 0.15) is 36.8 Å². The molecular weight excluding hydrogens is 262 g/mol. The summed E-state index contributed by atoms with van der Waals surface area (Å²) >= 11 is 0. The lowest BCUT2D eigenvalue weighted by Gasteiger charge is -2.26. The third-order valence-electron chi connectivity index (χ3n) is 4.60. The van der Waals surface area contributed by atoms with Crippen LogP contribution in [-0.4, -0.2) is 13.1 Å². The van der Waals surface area contributed by atoms with E-state index in [1.807, 2.05) is 25.1 Å². The molecule has 0 radical (unpaired) electrons. The normalized spacial score (nSPS) is 16.2. The zero-order valence-corrected chi connectivity index (χ0v) is 12.7. The van der Waals surface area contributed by atoms with E-state index >= 15 is 0 Å². The molecule has 0 atom stereocenters. The molecule has 3 heteroatoms. The quantitative estimate of drug-likeness (QED) is 0.795. The SMILES string of the molecule is Cc1ccc(-c2c(N3CCCCCC3)c(=O)c2=O)cc1C. The number of benzene rings is 1. The predicted molar refractivity (Wildman–Crippen MR) is 86.9 cm³/mol. The van der Waals surface area contributed by atoms with E-state index in [9.17, 15) is 9.59 Å². The highest BCUT2D eigenvalue weighted by Gasteiger charge is 2.27. The molecule has 1 saturated heterocycles. The van der Waals surface area contributed by atoms with Crippen LogP contribution in [0.25, 0.3) is 11.1 Å². The number of anilines is 1. The van der Waals surface area contributed by atoms with Crippen LogP contribution in [-0.2, 0) is 0 Å². The molecule has 0 aliphatic carbocycles. The highest BCUT2D eigenvalue weighted by atomic mass is 16.2. The van der Waals surface area contributed by atoms with Crippen LogP contribution >= 0.6 is 0 Å². The summed E-state index contributed by atoms with van der Waals surface area (Å²) in [6.07, 6.45) is 4.63. The predicted octanol–water partition coefficient (Wildman–Crippen LogP) is 2.95. The van der Waals surface area contributed by atoms with E-state index in [1.54, 1.807) is 0 Å². The van der Waals surface area contributed by atoms with Crippen molar-refractivity contribution in [3.63, 3.8) is 0 Å². The molecule has 2 aromatic carbocycles. The Bertz CT molecular complexity index is 730. The first-order valence-corrected chi connectivity index (χ1v) is 7.75. The van der Waals surface area contributed by atoms with Gasteiger partial charge < -0.3 is 4.90 Å². The lowest BCUT2D eigenvalue weighted by Crippen LogP contribution is -2.42. The van der Waals surface area contributed by atoms with Crippen molar-refractivity contribution < 1.29 is 0 Å². The Balaban J connectivity index is 2.03. The summed E-state index contributed by atoms with van der Waals surface area (Å²) in [6.45, 7) is 5.87. The Morgan fingerprint density at radius 3 is 2.14 bits per heavy atom. The van der Waals surface area contributed by atoms with Gasteiger partial charge in [-0.05, 0) is 43.4 Å². The van der Waals surface area contributed by atoms with E-state index in [1.165, 1.54) is 18.4 Å². The molecule has 3 rings (SSSR count). The van der Waals surface area contributed by atoms with Gasteiger partial charge in [-0.25, -0.2) is 0 Å². The van der Waals surface area contributed by atoms with Crippen LogP contribution in [0, 0.1) is 13.8 Å². The first-order chi connectivity index (χ1) is 10.1. The third-order valence-corrected chi connectivity index (χ3v) is 4.60. The molecule has 0 N–H and O–H groups in total. The van der Waals surface area contributed by atoms with Gasteiger partial charge in [-0.1, -0.05) is 31.0 Å². The van der Waals surface area contributed by atoms with Crippen molar-refractivity contribution in [2.75, 3.05) is 18.0 Å². The average molecular weight is 283 g/mol. The number of hydrogen-bond acceptors (Lipinski definition) is 3. The molecule has 1 aliphatic rings. The molecule has 0 amide bonds. The largest absolute Gasteiger partial charge is 0.368 e. The van der Waals surface area contributed by atoms with Crippen molar-refractivity contribution in [2.24, 2.45) is 0 Å². The van der Waals surface area contributed by atoms with Gasteiger partial charge in [-0.3, -0.25) is 9.59 Å². The van der Waals surface area contributed by atoms with Crippen molar-refractivity contribution in [3.8, 4) is 11.1 Å². The summed E-state index contributed by atoms with van der Waals surface area (Å²) < 4.78 is 0. The number of rotatable bonds is 2. The van der Waals surface area contributed by atoms with E-state index in [0.29, 0.717) is 11.3 Å². The minimum atomic E-state index is -0.322. The molecule has 0 unspecified atom stereocenters. The second-order valence-electron chi connectivity index (χ2n) is 6.08. The molecule has 2 aromatic rings. The zero-order valence-electron chi connectivity index (χ0n) is 12.7. The van der Waals surface area contributed by atoms with E-state index < -0.39 is 0 Å². The van der Waals surface area contributed by atoms with Crippen molar-refractivity contribution >= 4 is 5.69 Å². The number of nitrogens with zero attached hydrogens (tertiary/aromatic N) is 1. The van der Waals surface area contributed by atoms with Gasteiger partial charge in [0.25, 0.3) is 0 Å². The van der Waals surface area contributed by atoms with Gasteiger partial charge in [-0.15, -0.1) is 0 Å². The standard InChI is InChI=1S/C18H21NO2/c1-12-7-8-14(11-13(12)2)15-16(18(21)17(15)20)19-9-5-3-4-6-10-19/h7-8,11H,3-6,9-10H2,1-2H3.